The molecule has 0 saturated carbocycles. The number of methoxy groups -OCH3 is 1. The number of rotatable bonds is 4. The lowest BCUT2D eigenvalue weighted by Crippen LogP contribution is -2.24. The van der Waals surface area contributed by atoms with Gasteiger partial charge in [0, 0.05) is 24.2 Å². The second-order valence-electron chi connectivity index (χ2n) is 3.37. The van der Waals surface area contributed by atoms with E-state index in [2.05, 4.69) is 28.1 Å². The fraction of sp³-hybridized carbons (Fsp3) is 0.182. The van der Waals surface area contributed by atoms with Gasteiger partial charge in [-0.05, 0) is 24.4 Å². The third-order valence-corrected chi connectivity index (χ3v) is 2.02. The number of benzene rings is 1. The lowest BCUT2D eigenvalue weighted by atomic mass is 10.2. The molecule has 0 bridgehead atoms. The van der Waals surface area contributed by atoms with Crippen molar-refractivity contribution in [2.45, 2.75) is 6.92 Å². The third-order valence-electron chi connectivity index (χ3n) is 1.93. The van der Waals surface area contributed by atoms with Crippen molar-refractivity contribution < 1.29 is 9.53 Å². The van der Waals surface area contributed by atoms with E-state index < -0.39 is 0 Å². The van der Waals surface area contributed by atoms with E-state index in [0.29, 0.717) is 11.4 Å². The van der Waals surface area contributed by atoms with Crippen molar-refractivity contribution in [1.29, 1.82) is 0 Å². The fourth-order valence-electron chi connectivity index (χ4n) is 1.26. The number of carbonyl (C=O) groups excluding carboxylic acids is 1. The topological polar surface area (TPSA) is 88.7 Å². The Morgan fingerprint density at radius 3 is 2.83 bits per heavy atom. The summed E-state index contributed by atoms with van der Waals surface area (Å²) in [6.07, 6.45) is 1.52. The van der Waals surface area contributed by atoms with Crippen LogP contribution in [0.1, 0.15) is 12.5 Å². The van der Waals surface area contributed by atoms with Crippen LogP contribution in [-0.2, 0) is 4.79 Å². The Morgan fingerprint density at radius 2 is 2.28 bits per heavy atom. The number of anilines is 1. The Balaban J connectivity index is 2.89. The minimum Gasteiger partial charge on any atom is -0.496 e. The highest BCUT2D eigenvalue weighted by molar-refractivity contribution is 7.80. The van der Waals surface area contributed by atoms with Crippen LogP contribution >= 0.6 is 12.2 Å². The number of hydrazone groups is 1. The van der Waals surface area contributed by atoms with Gasteiger partial charge < -0.3 is 15.8 Å². The molecule has 0 fully saturated rings. The molecule has 0 aromatic heterocycles. The molecule has 0 spiro atoms. The molecule has 0 saturated heterocycles. The highest BCUT2D eigenvalue weighted by Gasteiger charge is 2.03. The predicted octanol–water partition coefficient (Wildman–Crippen LogP) is 0.821. The van der Waals surface area contributed by atoms with Gasteiger partial charge in [-0.2, -0.15) is 5.10 Å². The average molecular weight is 266 g/mol. The number of nitrogens with zero attached hydrogens (tertiary/aromatic N) is 1. The van der Waals surface area contributed by atoms with Crippen molar-refractivity contribution >= 4 is 35.1 Å². The molecule has 0 unspecified atom stereocenters. The van der Waals surface area contributed by atoms with Gasteiger partial charge in [0.15, 0.2) is 5.11 Å². The maximum atomic E-state index is 10.9. The quantitative estimate of drug-likeness (QED) is 0.426. The zero-order chi connectivity index (χ0) is 13.5. The van der Waals surface area contributed by atoms with E-state index in [-0.39, 0.29) is 11.0 Å². The van der Waals surface area contributed by atoms with E-state index in [4.69, 9.17) is 10.5 Å². The van der Waals surface area contributed by atoms with Crippen molar-refractivity contribution in [3.8, 4) is 5.75 Å². The van der Waals surface area contributed by atoms with Crippen LogP contribution in [0.3, 0.4) is 0 Å². The number of nitrogens with one attached hydrogen (secondary N) is 2. The van der Waals surface area contributed by atoms with Gasteiger partial charge in [0.25, 0.3) is 0 Å². The van der Waals surface area contributed by atoms with Gasteiger partial charge in [0.2, 0.25) is 5.91 Å². The molecule has 1 aromatic rings. The SMILES string of the molecule is COc1cc(NC(C)=O)ccc1/C=N/NC(N)=S. The summed E-state index contributed by atoms with van der Waals surface area (Å²) in [7, 11) is 1.53. The first kappa shape index (κ1) is 13.9. The summed E-state index contributed by atoms with van der Waals surface area (Å²) in [5, 5.41) is 6.58. The maximum absolute atomic E-state index is 10.9. The Morgan fingerprint density at radius 1 is 1.56 bits per heavy atom. The van der Waals surface area contributed by atoms with Crippen LogP contribution < -0.4 is 21.2 Å². The van der Waals surface area contributed by atoms with E-state index in [1.807, 2.05) is 0 Å². The van der Waals surface area contributed by atoms with Crippen LogP contribution in [0.4, 0.5) is 5.69 Å². The van der Waals surface area contributed by atoms with Crippen molar-refractivity contribution in [2.75, 3.05) is 12.4 Å². The Hall–Kier alpha value is -2.15. The van der Waals surface area contributed by atoms with Gasteiger partial charge in [-0.25, -0.2) is 0 Å². The zero-order valence-electron chi connectivity index (χ0n) is 10.1. The molecule has 6 nitrogen and oxygen atoms in total. The molecule has 0 radical (unpaired) electrons. The van der Waals surface area contributed by atoms with E-state index >= 15 is 0 Å². The molecular weight excluding hydrogens is 252 g/mol. The molecule has 1 amide bonds. The molecule has 1 rings (SSSR count). The molecular formula is C11H14N4O2S. The number of ether oxygens (including phenoxy) is 1. The van der Waals surface area contributed by atoms with Gasteiger partial charge in [-0.3, -0.25) is 10.2 Å². The summed E-state index contributed by atoms with van der Waals surface area (Å²) in [6.45, 7) is 1.44. The summed E-state index contributed by atoms with van der Waals surface area (Å²) >= 11 is 4.61. The second-order valence-corrected chi connectivity index (χ2v) is 3.81. The first-order valence-corrected chi connectivity index (χ1v) is 5.48. The van der Waals surface area contributed by atoms with Crippen LogP contribution in [0, 0.1) is 0 Å². The van der Waals surface area contributed by atoms with Gasteiger partial charge in [-0.1, -0.05) is 0 Å². The molecule has 0 aliphatic rings. The summed E-state index contributed by atoms with van der Waals surface area (Å²) < 4.78 is 5.19. The minimum absolute atomic E-state index is 0.0834. The molecule has 1 aromatic carbocycles. The number of hydrogen-bond donors (Lipinski definition) is 3. The molecule has 18 heavy (non-hydrogen) atoms. The van der Waals surface area contributed by atoms with Crippen molar-refractivity contribution in [1.82, 2.24) is 5.43 Å². The highest BCUT2D eigenvalue weighted by atomic mass is 32.1. The Labute approximate surface area is 110 Å². The predicted molar refractivity (Wildman–Crippen MR) is 74.8 cm³/mol. The van der Waals surface area contributed by atoms with Gasteiger partial charge in [-0.15, -0.1) is 0 Å². The zero-order valence-corrected chi connectivity index (χ0v) is 10.9. The number of hydrogen-bond acceptors (Lipinski definition) is 4. The molecule has 0 heterocycles. The third kappa shape index (κ3) is 4.38. The second kappa shape index (κ2) is 6.55. The van der Waals surface area contributed by atoms with E-state index in [0.717, 1.165) is 5.56 Å². The highest BCUT2D eigenvalue weighted by Crippen LogP contribution is 2.21. The minimum atomic E-state index is -0.145. The summed E-state index contributed by atoms with van der Waals surface area (Å²) in [6, 6.07) is 5.20. The van der Waals surface area contributed by atoms with Crippen LogP contribution in [-0.4, -0.2) is 24.3 Å². The smallest absolute Gasteiger partial charge is 0.221 e. The lowest BCUT2D eigenvalue weighted by molar-refractivity contribution is -0.114. The number of thiocarbonyl (C=S) groups is 1. The fourth-order valence-corrected chi connectivity index (χ4v) is 1.32. The normalized spacial score (nSPS) is 10.1. The lowest BCUT2D eigenvalue weighted by Gasteiger charge is -2.08. The van der Waals surface area contributed by atoms with Gasteiger partial charge >= 0.3 is 0 Å². The summed E-state index contributed by atoms with van der Waals surface area (Å²) in [4.78, 5) is 10.9. The Kier molecular flexibility index (Phi) is 5.06. The first-order valence-electron chi connectivity index (χ1n) is 5.07. The standard InChI is InChI=1S/C11H14N4O2S/c1-7(16)14-9-4-3-8(10(5-9)17-2)6-13-15-11(12)18/h3-6H,1-2H3,(H,14,16)(H3,12,15,18)/b13-6+. The summed E-state index contributed by atoms with van der Waals surface area (Å²) in [5.41, 5.74) is 9.06. The summed E-state index contributed by atoms with van der Waals surface area (Å²) in [5.74, 6) is 0.434. The van der Waals surface area contributed by atoms with Crippen LogP contribution in [0.15, 0.2) is 23.3 Å². The van der Waals surface area contributed by atoms with Crippen LogP contribution in [0.2, 0.25) is 0 Å². The monoisotopic (exact) mass is 266 g/mol. The Bertz CT molecular complexity index is 488. The molecule has 7 heteroatoms. The molecule has 0 aliphatic carbocycles. The largest absolute Gasteiger partial charge is 0.496 e. The first-order chi connectivity index (χ1) is 8.52. The number of amides is 1. The van der Waals surface area contributed by atoms with Crippen LogP contribution in [0.5, 0.6) is 5.75 Å². The van der Waals surface area contributed by atoms with Gasteiger partial charge in [0.1, 0.15) is 5.75 Å². The molecule has 96 valence electrons. The molecule has 0 atom stereocenters. The maximum Gasteiger partial charge on any atom is 0.221 e. The van der Waals surface area contributed by atoms with E-state index in [1.54, 1.807) is 18.2 Å². The average Bonchev–Trinajstić information content (AvgIpc) is 2.29. The van der Waals surface area contributed by atoms with E-state index in [9.17, 15) is 4.79 Å². The van der Waals surface area contributed by atoms with Crippen molar-refractivity contribution in [2.24, 2.45) is 10.8 Å². The number of nitrogens with two attached hydrogens (primary N) is 1. The van der Waals surface area contributed by atoms with Crippen LogP contribution in [0.25, 0.3) is 0 Å². The van der Waals surface area contributed by atoms with Crippen molar-refractivity contribution in [3.05, 3.63) is 23.8 Å². The van der Waals surface area contributed by atoms with E-state index in [1.165, 1.54) is 20.2 Å². The van der Waals surface area contributed by atoms with Gasteiger partial charge in [0.05, 0.1) is 13.3 Å². The molecule has 4 N–H and O–H groups in total. The van der Waals surface area contributed by atoms with Crippen molar-refractivity contribution in [3.63, 3.8) is 0 Å². The number of carbonyl (C=O) groups is 1. The molecule has 0 aliphatic heterocycles.